The van der Waals surface area contributed by atoms with Crippen molar-refractivity contribution >= 4 is 27.8 Å². The molecule has 0 fully saturated rings. The van der Waals surface area contributed by atoms with Crippen LogP contribution in [-0.4, -0.2) is 30.9 Å². The van der Waals surface area contributed by atoms with Gasteiger partial charge in [-0.1, -0.05) is 18.2 Å². The minimum Gasteiger partial charge on any atom is -0.324 e. The molecule has 27 heavy (non-hydrogen) atoms. The predicted molar refractivity (Wildman–Crippen MR) is 98.8 cm³/mol. The fraction of sp³-hybridized carbons (Fsp3) is 0.105. The summed E-state index contributed by atoms with van der Waals surface area (Å²) >= 11 is 0. The Bertz CT molecular complexity index is 1070. The Morgan fingerprint density at radius 1 is 1.07 bits per heavy atom. The lowest BCUT2D eigenvalue weighted by molar-refractivity contribution is 0.542. The molecule has 3 aromatic rings. The van der Waals surface area contributed by atoms with Gasteiger partial charge in [-0.15, -0.1) is 0 Å². The molecule has 1 atom stereocenters. The van der Waals surface area contributed by atoms with Crippen molar-refractivity contribution in [3.8, 4) is 0 Å². The molecular weight excluding hydrogens is 369 g/mol. The van der Waals surface area contributed by atoms with Crippen molar-refractivity contribution in [3.05, 3.63) is 77.9 Å². The Morgan fingerprint density at radius 2 is 1.78 bits per heavy atom. The SMILES string of the molecule is CS(=O)(=O)c1ccc(Nc2nccc(C([C]=O)c3ccccc3F)n2)cc1. The van der Waals surface area contributed by atoms with Crippen LogP contribution in [-0.2, 0) is 14.6 Å². The van der Waals surface area contributed by atoms with Crippen LogP contribution in [0.1, 0.15) is 17.2 Å². The van der Waals surface area contributed by atoms with Crippen LogP contribution in [0.5, 0.6) is 0 Å². The molecule has 8 heteroatoms. The second kappa shape index (κ2) is 7.63. The van der Waals surface area contributed by atoms with Crippen LogP contribution in [0, 0.1) is 5.82 Å². The summed E-state index contributed by atoms with van der Waals surface area (Å²) in [6.07, 6.45) is 4.39. The average molecular weight is 384 g/mol. The maximum Gasteiger partial charge on any atom is 0.227 e. The normalized spacial score (nSPS) is 12.4. The molecule has 0 aliphatic carbocycles. The molecule has 0 saturated heterocycles. The molecule has 0 saturated carbocycles. The maximum atomic E-state index is 14.0. The van der Waals surface area contributed by atoms with Gasteiger partial charge < -0.3 is 5.32 Å². The Hall–Kier alpha value is -3.13. The third kappa shape index (κ3) is 4.35. The highest BCUT2D eigenvalue weighted by Crippen LogP contribution is 2.25. The summed E-state index contributed by atoms with van der Waals surface area (Å²) in [5, 5.41) is 2.93. The first-order chi connectivity index (χ1) is 12.9. The first kappa shape index (κ1) is 18.7. The first-order valence-corrected chi connectivity index (χ1v) is 9.80. The van der Waals surface area contributed by atoms with Gasteiger partial charge in [-0.3, -0.25) is 4.79 Å². The lowest BCUT2D eigenvalue weighted by Crippen LogP contribution is -2.09. The summed E-state index contributed by atoms with van der Waals surface area (Å²) in [6.45, 7) is 0. The molecule has 1 N–H and O–H groups in total. The van der Waals surface area contributed by atoms with E-state index >= 15 is 0 Å². The molecule has 0 amide bonds. The van der Waals surface area contributed by atoms with Gasteiger partial charge in [-0.2, -0.15) is 0 Å². The Labute approximate surface area is 156 Å². The van der Waals surface area contributed by atoms with Gasteiger partial charge >= 0.3 is 0 Å². The van der Waals surface area contributed by atoms with Crippen molar-refractivity contribution < 1.29 is 17.6 Å². The van der Waals surface area contributed by atoms with Gasteiger partial charge in [0.25, 0.3) is 0 Å². The number of aromatic nitrogens is 2. The van der Waals surface area contributed by atoms with E-state index in [1.165, 1.54) is 42.6 Å². The van der Waals surface area contributed by atoms with E-state index in [0.29, 0.717) is 11.4 Å². The van der Waals surface area contributed by atoms with Gasteiger partial charge in [-0.05, 0) is 36.4 Å². The molecule has 0 spiro atoms. The van der Waals surface area contributed by atoms with E-state index in [4.69, 9.17) is 0 Å². The van der Waals surface area contributed by atoms with Crippen molar-refractivity contribution in [1.82, 2.24) is 9.97 Å². The van der Waals surface area contributed by atoms with Crippen molar-refractivity contribution in [2.24, 2.45) is 0 Å². The van der Waals surface area contributed by atoms with E-state index in [1.807, 2.05) is 6.29 Å². The largest absolute Gasteiger partial charge is 0.324 e. The number of anilines is 2. The van der Waals surface area contributed by atoms with Gasteiger partial charge in [0.15, 0.2) is 9.84 Å². The zero-order valence-electron chi connectivity index (χ0n) is 14.3. The molecule has 0 aliphatic heterocycles. The van der Waals surface area contributed by atoms with Crippen LogP contribution in [0.2, 0.25) is 0 Å². The summed E-state index contributed by atoms with van der Waals surface area (Å²) < 4.78 is 37.0. The number of nitrogens with one attached hydrogen (secondary N) is 1. The lowest BCUT2D eigenvalue weighted by Gasteiger charge is -2.12. The number of rotatable bonds is 6. The zero-order chi connectivity index (χ0) is 19.4. The third-order valence-electron chi connectivity index (χ3n) is 3.85. The van der Waals surface area contributed by atoms with Gasteiger partial charge in [0.1, 0.15) is 5.82 Å². The topological polar surface area (TPSA) is 89.0 Å². The number of benzene rings is 2. The van der Waals surface area contributed by atoms with Gasteiger partial charge in [0, 0.05) is 23.7 Å². The molecule has 0 aliphatic rings. The second-order valence-corrected chi connectivity index (χ2v) is 7.81. The summed E-state index contributed by atoms with van der Waals surface area (Å²) in [7, 11) is -3.29. The summed E-state index contributed by atoms with van der Waals surface area (Å²) in [4.78, 5) is 20.0. The highest BCUT2D eigenvalue weighted by molar-refractivity contribution is 7.90. The first-order valence-electron chi connectivity index (χ1n) is 7.90. The van der Waals surface area contributed by atoms with Crippen LogP contribution in [0.15, 0.2) is 65.7 Å². The van der Waals surface area contributed by atoms with E-state index in [0.717, 1.165) is 6.26 Å². The predicted octanol–water partition coefficient (Wildman–Crippen LogP) is 3.00. The van der Waals surface area contributed by atoms with Gasteiger partial charge in [0.05, 0.1) is 16.5 Å². The smallest absolute Gasteiger partial charge is 0.227 e. The average Bonchev–Trinajstić information content (AvgIpc) is 2.64. The molecule has 2 aromatic carbocycles. The standard InChI is InChI=1S/C19H15FN3O3S/c1-27(25,26)14-8-6-13(7-9-14)22-19-21-11-10-18(23-19)16(12-24)15-4-2-3-5-17(15)20/h2-11,16H,1H3,(H,21,22,23). The van der Waals surface area contributed by atoms with Crippen LogP contribution in [0.4, 0.5) is 16.0 Å². The Balaban J connectivity index is 1.87. The molecular formula is C19H15FN3O3S. The molecule has 1 radical (unpaired) electrons. The third-order valence-corrected chi connectivity index (χ3v) is 4.97. The van der Waals surface area contributed by atoms with Gasteiger partial charge in [0.2, 0.25) is 12.2 Å². The molecule has 3 rings (SSSR count). The number of hydrogen-bond acceptors (Lipinski definition) is 6. The summed E-state index contributed by atoms with van der Waals surface area (Å²) in [6, 6.07) is 13.5. The zero-order valence-corrected chi connectivity index (χ0v) is 15.1. The minimum absolute atomic E-state index is 0.176. The van der Waals surface area contributed by atoms with Crippen LogP contribution in [0.25, 0.3) is 0 Å². The quantitative estimate of drug-likeness (QED) is 0.703. The highest BCUT2D eigenvalue weighted by atomic mass is 32.2. The maximum absolute atomic E-state index is 14.0. The Morgan fingerprint density at radius 3 is 2.41 bits per heavy atom. The number of carbonyl (C=O) groups excluding carboxylic acids is 1. The fourth-order valence-electron chi connectivity index (χ4n) is 2.50. The van der Waals surface area contributed by atoms with Crippen molar-refractivity contribution in [3.63, 3.8) is 0 Å². The number of nitrogens with zero attached hydrogens (tertiary/aromatic N) is 2. The molecule has 137 valence electrons. The number of halogens is 1. The van der Waals surface area contributed by atoms with Crippen molar-refractivity contribution in [2.45, 2.75) is 10.8 Å². The Kier molecular flexibility index (Phi) is 5.27. The van der Waals surface area contributed by atoms with Gasteiger partial charge in [-0.25, -0.2) is 22.8 Å². The lowest BCUT2D eigenvalue weighted by atomic mass is 9.96. The minimum atomic E-state index is -3.29. The molecule has 6 nitrogen and oxygen atoms in total. The highest BCUT2D eigenvalue weighted by Gasteiger charge is 2.20. The fourth-order valence-corrected chi connectivity index (χ4v) is 3.13. The van der Waals surface area contributed by atoms with E-state index in [1.54, 1.807) is 18.2 Å². The number of sulfone groups is 1. The number of hydrogen-bond donors (Lipinski definition) is 1. The van der Waals surface area contributed by atoms with Crippen molar-refractivity contribution in [2.75, 3.05) is 11.6 Å². The van der Waals surface area contributed by atoms with Crippen LogP contribution < -0.4 is 5.32 Å². The second-order valence-electron chi connectivity index (χ2n) is 5.80. The molecule has 1 heterocycles. The van der Waals surface area contributed by atoms with E-state index < -0.39 is 21.6 Å². The summed E-state index contributed by atoms with van der Waals surface area (Å²) in [5.41, 5.74) is 1.03. The van der Waals surface area contributed by atoms with Crippen molar-refractivity contribution in [1.29, 1.82) is 0 Å². The molecule has 1 aromatic heterocycles. The monoisotopic (exact) mass is 384 g/mol. The molecule has 1 unspecified atom stereocenters. The van der Waals surface area contributed by atoms with Crippen LogP contribution >= 0.6 is 0 Å². The van der Waals surface area contributed by atoms with E-state index in [2.05, 4.69) is 15.3 Å². The molecule has 0 bridgehead atoms. The van der Waals surface area contributed by atoms with E-state index in [9.17, 15) is 17.6 Å². The van der Waals surface area contributed by atoms with Crippen LogP contribution in [0.3, 0.4) is 0 Å². The summed E-state index contributed by atoms with van der Waals surface area (Å²) in [5.74, 6) is -1.31. The van der Waals surface area contributed by atoms with E-state index in [-0.39, 0.29) is 16.4 Å².